The Bertz CT molecular complexity index is 189. The van der Waals surface area contributed by atoms with Crippen molar-refractivity contribution in [2.45, 2.75) is 0 Å². The van der Waals surface area contributed by atoms with Gasteiger partial charge in [0, 0.05) is 0 Å². The molecule has 0 heterocycles. The highest BCUT2D eigenvalue weighted by molar-refractivity contribution is 5.45. The first-order valence-corrected chi connectivity index (χ1v) is 2.71. The van der Waals surface area contributed by atoms with Crippen molar-refractivity contribution >= 4 is 6.08 Å². The second kappa shape index (κ2) is 2.92. The lowest BCUT2D eigenvalue weighted by atomic mass is 10.2. The molecule has 0 saturated carbocycles. The van der Waals surface area contributed by atoms with Crippen LogP contribution in [0.5, 0.6) is 0 Å². The topological polar surface area (TPSA) is 20.2 Å². The quantitative estimate of drug-likeness (QED) is 0.561. The number of hydrogen-bond donors (Lipinski definition) is 1. The number of hydrogen-bond acceptors (Lipinski definition) is 1. The van der Waals surface area contributed by atoms with Gasteiger partial charge in [-0.1, -0.05) is 30.3 Å². The molecular formula is C8H7O. The van der Waals surface area contributed by atoms with E-state index in [-0.39, 0.29) is 0 Å². The van der Waals surface area contributed by atoms with E-state index in [4.69, 9.17) is 5.11 Å². The highest BCUT2D eigenvalue weighted by Crippen LogP contribution is 1.98. The molecule has 1 aromatic carbocycles. The summed E-state index contributed by atoms with van der Waals surface area (Å²) >= 11 is 0. The van der Waals surface area contributed by atoms with Gasteiger partial charge in [0.15, 0.2) is 6.26 Å². The van der Waals surface area contributed by atoms with Crippen LogP contribution in [-0.2, 0) is 0 Å². The molecule has 1 heteroatoms. The predicted molar refractivity (Wildman–Crippen MR) is 36.8 cm³/mol. The Kier molecular flexibility index (Phi) is 1.91. The molecule has 0 bridgehead atoms. The Balaban J connectivity index is 2.85. The van der Waals surface area contributed by atoms with E-state index in [2.05, 4.69) is 0 Å². The summed E-state index contributed by atoms with van der Waals surface area (Å²) in [4.78, 5) is 0. The Labute approximate surface area is 54.3 Å². The van der Waals surface area contributed by atoms with Crippen LogP contribution in [0.15, 0.2) is 30.3 Å². The van der Waals surface area contributed by atoms with Gasteiger partial charge in [-0.15, -0.1) is 0 Å². The lowest BCUT2D eigenvalue weighted by molar-refractivity contribution is 0.447. The maximum absolute atomic E-state index is 8.21. The van der Waals surface area contributed by atoms with Crippen molar-refractivity contribution in [2.24, 2.45) is 0 Å². The number of aliphatic hydroxyl groups excluding tert-OH is 1. The van der Waals surface area contributed by atoms with E-state index in [1.807, 2.05) is 36.6 Å². The normalized spacial score (nSPS) is 10.2. The van der Waals surface area contributed by atoms with Crippen molar-refractivity contribution in [1.82, 2.24) is 0 Å². The average molecular weight is 119 g/mol. The number of rotatable bonds is 1. The van der Waals surface area contributed by atoms with Gasteiger partial charge in [-0.05, 0) is 11.6 Å². The molecule has 1 radical (unpaired) electrons. The van der Waals surface area contributed by atoms with Crippen molar-refractivity contribution in [2.75, 3.05) is 0 Å². The van der Waals surface area contributed by atoms with Gasteiger partial charge < -0.3 is 5.11 Å². The van der Waals surface area contributed by atoms with Crippen molar-refractivity contribution in [3.63, 3.8) is 0 Å². The van der Waals surface area contributed by atoms with Crippen LogP contribution in [0, 0.1) is 6.26 Å². The minimum absolute atomic E-state index is 0.958. The Morgan fingerprint density at radius 1 is 1.22 bits per heavy atom. The zero-order chi connectivity index (χ0) is 6.53. The minimum atomic E-state index is 0.958. The molecule has 1 N–H and O–H groups in total. The van der Waals surface area contributed by atoms with Gasteiger partial charge in [0.1, 0.15) is 0 Å². The molecule has 0 saturated heterocycles. The molecule has 45 valence electrons. The molecule has 0 unspecified atom stereocenters. The molecule has 0 aliphatic heterocycles. The summed E-state index contributed by atoms with van der Waals surface area (Å²) in [5.41, 5.74) is 0.958. The SMILES string of the molecule is O/[C]=C/c1ccccc1. The van der Waals surface area contributed by atoms with E-state index in [9.17, 15) is 0 Å². The van der Waals surface area contributed by atoms with Crippen LogP contribution in [0.4, 0.5) is 0 Å². The average Bonchev–Trinajstić information content (AvgIpc) is 1.91. The second-order valence-electron chi connectivity index (χ2n) is 1.68. The number of benzene rings is 1. The lowest BCUT2D eigenvalue weighted by Crippen LogP contribution is -1.66. The summed E-state index contributed by atoms with van der Waals surface area (Å²) in [6.45, 7) is 0. The monoisotopic (exact) mass is 119 g/mol. The minimum Gasteiger partial charge on any atom is -0.504 e. The lowest BCUT2D eigenvalue weighted by Gasteiger charge is -1.85. The van der Waals surface area contributed by atoms with Gasteiger partial charge >= 0.3 is 0 Å². The molecule has 0 aromatic heterocycles. The van der Waals surface area contributed by atoms with Gasteiger partial charge in [-0.2, -0.15) is 0 Å². The Morgan fingerprint density at radius 2 is 1.89 bits per heavy atom. The first-order valence-electron chi connectivity index (χ1n) is 2.71. The molecular weight excluding hydrogens is 112 g/mol. The number of aliphatic hydroxyl groups is 1. The van der Waals surface area contributed by atoms with Gasteiger partial charge in [0.05, 0.1) is 0 Å². The van der Waals surface area contributed by atoms with Crippen molar-refractivity contribution in [3.8, 4) is 0 Å². The fourth-order valence-corrected chi connectivity index (χ4v) is 0.624. The van der Waals surface area contributed by atoms with Gasteiger partial charge in [-0.25, -0.2) is 0 Å². The molecule has 0 spiro atoms. The summed E-state index contributed by atoms with van der Waals surface area (Å²) in [6.07, 6.45) is 3.47. The van der Waals surface area contributed by atoms with Crippen molar-refractivity contribution in [3.05, 3.63) is 42.2 Å². The van der Waals surface area contributed by atoms with Crippen LogP contribution in [0.1, 0.15) is 5.56 Å². The maximum atomic E-state index is 8.21. The van der Waals surface area contributed by atoms with Crippen molar-refractivity contribution in [1.29, 1.82) is 0 Å². The van der Waals surface area contributed by atoms with E-state index in [1.54, 1.807) is 0 Å². The van der Waals surface area contributed by atoms with Crippen molar-refractivity contribution < 1.29 is 5.11 Å². The highest BCUT2D eigenvalue weighted by Gasteiger charge is 1.79. The summed E-state index contributed by atoms with van der Waals surface area (Å²) < 4.78 is 0. The standard InChI is InChI=1S/C8H7O/c9-7-6-8-4-2-1-3-5-8/h1-6,9H. The van der Waals surface area contributed by atoms with Crippen LogP contribution in [-0.4, -0.2) is 5.11 Å². The smallest absolute Gasteiger partial charge is 0.158 e. The predicted octanol–water partition coefficient (Wildman–Crippen LogP) is 2.02. The molecule has 1 nitrogen and oxygen atoms in total. The molecule has 9 heavy (non-hydrogen) atoms. The van der Waals surface area contributed by atoms with Gasteiger partial charge in [0.25, 0.3) is 0 Å². The molecule has 0 aliphatic rings. The van der Waals surface area contributed by atoms with E-state index in [1.165, 1.54) is 6.08 Å². The fraction of sp³-hybridized carbons (Fsp3) is 0. The highest BCUT2D eigenvalue weighted by atomic mass is 16.2. The third-order valence-electron chi connectivity index (χ3n) is 1.03. The molecule has 0 aliphatic carbocycles. The van der Waals surface area contributed by atoms with E-state index >= 15 is 0 Å². The van der Waals surface area contributed by atoms with E-state index in [0.717, 1.165) is 5.56 Å². The van der Waals surface area contributed by atoms with Crippen LogP contribution in [0.3, 0.4) is 0 Å². The Morgan fingerprint density at radius 3 is 2.44 bits per heavy atom. The van der Waals surface area contributed by atoms with E-state index < -0.39 is 0 Å². The van der Waals surface area contributed by atoms with Crippen LogP contribution >= 0.6 is 0 Å². The summed E-state index contributed by atoms with van der Waals surface area (Å²) in [7, 11) is 0. The van der Waals surface area contributed by atoms with E-state index in [0.29, 0.717) is 0 Å². The summed E-state index contributed by atoms with van der Waals surface area (Å²) in [5, 5.41) is 8.21. The molecule has 1 rings (SSSR count). The zero-order valence-corrected chi connectivity index (χ0v) is 4.91. The summed E-state index contributed by atoms with van der Waals surface area (Å²) in [6, 6.07) is 9.52. The van der Waals surface area contributed by atoms with Gasteiger partial charge in [-0.3, -0.25) is 0 Å². The second-order valence-corrected chi connectivity index (χ2v) is 1.68. The zero-order valence-electron chi connectivity index (χ0n) is 4.91. The molecule has 0 fully saturated rings. The third kappa shape index (κ3) is 1.61. The molecule has 0 atom stereocenters. The van der Waals surface area contributed by atoms with Crippen LogP contribution < -0.4 is 0 Å². The molecule has 0 amide bonds. The van der Waals surface area contributed by atoms with Gasteiger partial charge in [0.2, 0.25) is 0 Å². The first kappa shape index (κ1) is 5.89. The third-order valence-corrected chi connectivity index (χ3v) is 1.03. The Hall–Kier alpha value is -1.24. The fourth-order valence-electron chi connectivity index (χ4n) is 0.624. The molecule has 1 aromatic rings. The summed E-state index contributed by atoms with van der Waals surface area (Å²) in [5.74, 6) is 0. The van der Waals surface area contributed by atoms with Crippen LogP contribution in [0.2, 0.25) is 0 Å². The van der Waals surface area contributed by atoms with Crippen LogP contribution in [0.25, 0.3) is 6.08 Å². The largest absolute Gasteiger partial charge is 0.504 e. The maximum Gasteiger partial charge on any atom is 0.158 e. The first-order chi connectivity index (χ1) is 4.43.